The number of benzene rings is 1. The SMILES string of the molecule is COC1CCCC1NS(=O)(=O)c1ccc(N)cc1. The Hall–Kier alpha value is -1.11. The van der Waals surface area contributed by atoms with Crippen LogP contribution in [-0.2, 0) is 14.8 Å². The molecule has 0 spiro atoms. The van der Waals surface area contributed by atoms with Gasteiger partial charge in [-0.3, -0.25) is 0 Å². The lowest BCUT2D eigenvalue weighted by molar-refractivity contribution is 0.0916. The van der Waals surface area contributed by atoms with Crippen molar-refractivity contribution in [2.24, 2.45) is 0 Å². The Kier molecular flexibility index (Phi) is 3.89. The third-order valence-corrected chi connectivity index (χ3v) is 4.76. The quantitative estimate of drug-likeness (QED) is 0.803. The van der Waals surface area contributed by atoms with Crippen LogP contribution in [0.2, 0.25) is 0 Å². The van der Waals surface area contributed by atoms with Crippen molar-refractivity contribution in [2.75, 3.05) is 12.8 Å². The summed E-state index contributed by atoms with van der Waals surface area (Å²) in [6, 6.07) is 6.04. The Balaban J connectivity index is 2.14. The molecular formula is C12H18N2O3S. The highest BCUT2D eigenvalue weighted by atomic mass is 32.2. The topological polar surface area (TPSA) is 81.4 Å². The van der Waals surface area contributed by atoms with Crippen LogP contribution >= 0.6 is 0 Å². The monoisotopic (exact) mass is 270 g/mol. The summed E-state index contributed by atoms with van der Waals surface area (Å²) in [6.07, 6.45) is 2.65. The largest absolute Gasteiger partial charge is 0.399 e. The molecule has 0 bridgehead atoms. The van der Waals surface area contributed by atoms with Crippen molar-refractivity contribution in [3.63, 3.8) is 0 Å². The van der Waals surface area contributed by atoms with Gasteiger partial charge < -0.3 is 10.5 Å². The molecule has 6 heteroatoms. The van der Waals surface area contributed by atoms with Crippen LogP contribution in [-0.4, -0.2) is 27.7 Å². The molecule has 18 heavy (non-hydrogen) atoms. The van der Waals surface area contributed by atoms with Gasteiger partial charge in [0.05, 0.1) is 11.0 Å². The van der Waals surface area contributed by atoms with Gasteiger partial charge in [-0.15, -0.1) is 0 Å². The zero-order valence-electron chi connectivity index (χ0n) is 10.3. The van der Waals surface area contributed by atoms with Crippen LogP contribution in [0.5, 0.6) is 0 Å². The molecule has 1 fully saturated rings. The summed E-state index contributed by atoms with van der Waals surface area (Å²) in [5.74, 6) is 0. The molecule has 0 aliphatic heterocycles. The number of nitrogens with one attached hydrogen (secondary N) is 1. The molecule has 2 atom stereocenters. The number of hydrogen-bond donors (Lipinski definition) is 2. The highest BCUT2D eigenvalue weighted by Gasteiger charge is 2.31. The van der Waals surface area contributed by atoms with E-state index < -0.39 is 10.0 Å². The summed E-state index contributed by atoms with van der Waals surface area (Å²) in [4.78, 5) is 0.235. The van der Waals surface area contributed by atoms with Gasteiger partial charge in [0.2, 0.25) is 10.0 Å². The molecule has 0 radical (unpaired) electrons. The summed E-state index contributed by atoms with van der Waals surface area (Å²) in [7, 11) is -1.88. The van der Waals surface area contributed by atoms with Crippen molar-refractivity contribution in [1.29, 1.82) is 0 Å². The molecule has 100 valence electrons. The Morgan fingerprint density at radius 1 is 1.28 bits per heavy atom. The van der Waals surface area contributed by atoms with Gasteiger partial charge in [-0.25, -0.2) is 13.1 Å². The summed E-state index contributed by atoms with van der Waals surface area (Å²) in [6.45, 7) is 0. The minimum Gasteiger partial charge on any atom is -0.399 e. The minimum atomic E-state index is -3.49. The lowest BCUT2D eigenvalue weighted by atomic mass is 10.2. The summed E-state index contributed by atoms with van der Waals surface area (Å²) in [5.41, 5.74) is 6.09. The first kappa shape index (κ1) is 13.3. The van der Waals surface area contributed by atoms with E-state index in [1.54, 1.807) is 19.2 Å². The third kappa shape index (κ3) is 2.82. The van der Waals surface area contributed by atoms with E-state index in [-0.39, 0.29) is 17.0 Å². The molecule has 1 aliphatic rings. The van der Waals surface area contributed by atoms with Crippen molar-refractivity contribution in [2.45, 2.75) is 36.3 Å². The Morgan fingerprint density at radius 2 is 1.94 bits per heavy atom. The lowest BCUT2D eigenvalue weighted by Gasteiger charge is -2.19. The van der Waals surface area contributed by atoms with Gasteiger partial charge in [-0.05, 0) is 43.5 Å². The van der Waals surface area contributed by atoms with Crippen molar-refractivity contribution in [3.05, 3.63) is 24.3 Å². The molecular weight excluding hydrogens is 252 g/mol. The number of methoxy groups -OCH3 is 1. The van der Waals surface area contributed by atoms with E-state index >= 15 is 0 Å². The van der Waals surface area contributed by atoms with Gasteiger partial charge in [-0.1, -0.05) is 0 Å². The van der Waals surface area contributed by atoms with Gasteiger partial charge in [0.25, 0.3) is 0 Å². The first-order valence-electron chi connectivity index (χ1n) is 5.93. The lowest BCUT2D eigenvalue weighted by Crippen LogP contribution is -2.40. The van der Waals surface area contributed by atoms with Crippen LogP contribution in [0.15, 0.2) is 29.2 Å². The normalized spacial score (nSPS) is 24.3. The smallest absolute Gasteiger partial charge is 0.240 e. The first-order chi connectivity index (χ1) is 8.53. The van der Waals surface area contributed by atoms with Crippen LogP contribution in [0.3, 0.4) is 0 Å². The van der Waals surface area contributed by atoms with Gasteiger partial charge >= 0.3 is 0 Å². The molecule has 0 saturated heterocycles. The second-order valence-corrected chi connectivity index (χ2v) is 6.22. The second kappa shape index (κ2) is 5.26. The predicted octanol–water partition coefficient (Wildman–Crippen LogP) is 1.11. The van der Waals surface area contributed by atoms with Crippen molar-refractivity contribution in [3.8, 4) is 0 Å². The maximum Gasteiger partial charge on any atom is 0.240 e. The molecule has 1 aliphatic carbocycles. The molecule has 0 aromatic heterocycles. The number of sulfonamides is 1. The molecule has 1 aromatic rings. The molecule has 2 rings (SSSR count). The third-order valence-electron chi connectivity index (χ3n) is 3.25. The van der Waals surface area contributed by atoms with Gasteiger partial charge in [-0.2, -0.15) is 0 Å². The zero-order valence-corrected chi connectivity index (χ0v) is 11.1. The van der Waals surface area contributed by atoms with E-state index in [1.165, 1.54) is 12.1 Å². The molecule has 2 unspecified atom stereocenters. The van der Waals surface area contributed by atoms with E-state index in [0.717, 1.165) is 19.3 Å². The van der Waals surface area contributed by atoms with Crippen molar-refractivity contribution < 1.29 is 13.2 Å². The fourth-order valence-electron chi connectivity index (χ4n) is 2.26. The highest BCUT2D eigenvalue weighted by molar-refractivity contribution is 7.89. The van der Waals surface area contributed by atoms with E-state index in [2.05, 4.69) is 4.72 Å². The Bertz CT molecular complexity index is 499. The molecule has 5 nitrogen and oxygen atoms in total. The predicted molar refractivity (Wildman–Crippen MR) is 69.6 cm³/mol. The summed E-state index contributed by atoms with van der Waals surface area (Å²) in [5, 5.41) is 0. The number of hydrogen-bond acceptors (Lipinski definition) is 4. The van der Waals surface area contributed by atoms with Crippen LogP contribution in [0.25, 0.3) is 0 Å². The average Bonchev–Trinajstić information content (AvgIpc) is 2.76. The number of ether oxygens (including phenoxy) is 1. The van der Waals surface area contributed by atoms with Crippen LogP contribution < -0.4 is 10.5 Å². The molecule has 1 aromatic carbocycles. The summed E-state index contributed by atoms with van der Waals surface area (Å²) >= 11 is 0. The van der Waals surface area contributed by atoms with E-state index in [4.69, 9.17) is 10.5 Å². The minimum absolute atomic E-state index is 0.0337. The van der Waals surface area contributed by atoms with Crippen LogP contribution in [0.4, 0.5) is 5.69 Å². The van der Waals surface area contributed by atoms with E-state index in [1.807, 2.05) is 0 Å². The maximum absolute atomic E-state index is 12.2. The summed E-state index contributed by atoms with van der Waals surface area (Å²) < 4.78 is 32.3. The van der Waals surface area contributed by atoms with Crippen LogP contribution in [0.1, 0.15) is 19.3 Å². The van der Waals surface area contributed by atoms with E-state index in [9.17, 15) is 8.42 Å². The maximum atomic E-state index is 12.2. The highest BCUT2D eigenvalue weighted by Crippen LogP contribution is 2.23. The standard InChI is InChI=1S/C12H18N2O3S/c1-17-12-4-2-3-11(12)14-18(15,16)10-7-5-9(13)6-8-10/h5-8,11-12,14H,2-4,13H2,1H3. The second-order valence-electron chi connectivity index (χ2n) is 4.50. The molecule has 0 amide bonds. The number of anilines is 1. The number of nitrogens with two attached hydrogens (primary N) is 1. The fourth-order valence-corrected chi connectivity index (χ4v) is 3.56. The number of nitrogen functional groups attached to an aromatic ring is 1. The van der Waals surface area contributed by atoms with Crippen LogP contribution in [0, 0.1) is 0 Å². The molecule has 3 N–H and O–H groups in total. The van der Waals surface area contributed by atoms with Gasteiger partial charge in [0, 0.05) is 18.8 Å². The zero-order chi connectivity index (χ0) is 13.2. The first-order valence-corrected chi connectivity index (χ1v) is 7.42. The van der Waals surface area contributed by atoms with E-state index in [0.29, 0.717) is 5.69 Å². The Labute approximate surface area is 107 Å². The molecule has 1 saturated carbocycles. The van der Waals surface area contributed by atoms with Gasteiger partial charge in [0.15, 0.2) is 0 Å². The Morgan fingerprint density at radius 3 is 2.56 bits per heavy atom. The van der Waals surface area contributed by atoms with Crippen molar-refractivity contribution >= 4 is 15.7 Å². The number of rotatable bonds is 4. The molecule has 0 heterocycles. The fraction of sp³-hybridized carbons (Fsp3) is 0.500. The average molecular weight is 270 g/mol. The van der Waals surface area contributed by atoms with Gasteiger partial charge in [0.1, 0.15) is 0 Å². The van der Waals surface area contributed by atoms with Crippen molar-refractivity contribution in [1.82, 2.24) is 4.72 Å².